The number of para-hydroxylation sites is 1. The second-order valence-corrected chi connectivity index (χ2v) is 3.27. The van der Waals surface area contributed by atoms with Crippen LogP contribution in [0.15, 0.2) is 29.3 Å². The number of benzene rings is 1. The van der Waals surface area contributed by atoms with E-state index in [0.717, 1.165) is 0 Å². The fourth-order valence-corrected chi connectivity index (χ4v) is 1.24. The van der Waals surface area contributed by atoms with Crippen LogP contribution in [0.5, 0.6) is 5.75 Å². The van der Waals surface area contributed by atoms with Gasteiger partial charge in [-0.1, -0.05) is 18.7 Å². The Hall–Kier alpha value is -1.29. The quantitative estimate of drug-likeness (QED) is 0.783. The number of carboxylic acid groups (broad SMARTS) is 1. The van der Waals surface area contributed by atoms with Crippen LogP contribution < -0.4 is 0 Å². The van der Waals surface area contributed by atoms with Crippen molar-refractivity contribution in [3.8, 4) is 5.75 Å². The summed E-state index contributed by atoms with van der Waals surface area (Å²) in [6.07, 6.45) is 0. The Kier molecular flexibility index (Phi) is 2.72. The van der Waals surface area contributed by atoms with Gasteiger partial charge in [0.25, 0.3) is 0 Å². The first-order chi connectivity index (χ1) is 6.04. The minimum atomic E-state index is -1.14. The van der Waals surface area contributed by atoms with Gasteiger partial charge in [-0.3, -0.25) is 0 Å². The van der Waals surface area contributed by atoms with Gasteiger partial charge in [-0.15, -0.1) is 0 Å². The summed E-state index contributed by atoms with van der Waals surface area (Å²) in [4.78, 5) is 10.5. The molecule has 0 saturated heterocycles. The summed E-state index contributed by atoms with van der Waals surface area (Å²) in [6, 6.07) is 4.75. The Labute approximate surface area is 83.5 Å². The Morgan fingerprint density at radius 2 is 2.08 bits per heavy atom. The normalized spacial score (nSPS) is 9.62. The summed E-state index contributed by atoms with van der Waals surface area (Å²) in [6.45, 7) is 3.35. The number of hydrogen-bond acceptors (Lipinski definition) is 2. The molecule has 68 valence electrons. The Morgan fingerprint density at radius 1 is 1.46 bits per heavy atom. The lowest BCUT2D eigenvalue weighted by atomic mass is 10.1. The maximum atomic E-state index is 10.5. The number of rotatable bonds is 2. The molecule has 4 heteroatoms. The number of aliphatic carboxylic acids is 1. The minimum absolute atomic E-state index is 0.102. The maximum Gasteiger partial charge on any atom is 0.335 e. The fourth-order valence-electron chi connectivity index (χ4n) is 0.874. The van der Waals surface area contributed by atoms with Crippen LogP contribution in [-0.4, -0.2) is 16.2 Å². The van der Waals surface area contributed by atoms with Gasteiger partial charge in [0.2, 0.25) is 0 Å². The number of carbonyl (C=O) groups is 1. The van der Waals surface area contributed by atoms with E-state index in [2.05, 4.69) is 22.5 Å². The van der Waals surface area contributed by atoms with Crippen molar-refractivity contribution in [3.63, 3.8) is 0 Å². The molecule has 0 heterocycles. The molecule has 13 heavy (non-hydrogen) atoms. The van der Waals surface area contributed by atoms with E-state index in [-0.39, 0.29) is 16.9 Å². The molecule has 1 aromatic rings. The van der Waals surface area contributed by atoms with Crippen LogP contribution in [0, 0.1) is 0 Å². The molecule has 0 aliphatic heterocycles. The predicted octanol–water partition coefficient (Wildman–Crippen LogP) is 2.25. The van der Waals surface area contributed by atoms with Gasteiger partial charge >= 0.3 is 5.97 Å². The first kappa shape index (κ1) is 9.80. The topological polar surface area (TPSA) is 57.5 Å². The average molecular weight is 243 g/mol. The molecule has 2 N–H and O–H groups in total. The van der Waals surface area contributed by atoms with Crippen LogP contribution in [0.3, 0.4) is 0 Å². The van der Waals surface area contributed by atoms with Gasteiger partial charge in [-0.25, -0.2) is 4.79 Å². The van der Waals surface area contributed by atoms with Crippen molar-refractivity contribution in [2.45, 2.75) is 0 Å². The highest BCUT2D eigenvalue weighted by Crippen LogP contribution is 2.31. The summed E-state index contributed by atoms with van der Waals surface area (Å²) in [7, 11) is 0. The van der Waals surface area contributed by atoms with Crippen molar-refractivity contribution in [3.05, 3.63) is 34.8 Å². The first-order valence-corrected chi connectivity index (χ1v) is 4.23. The van der Waals surface area contributed by atoms with Crippen LogP contribution in [0.25, 0.3) is 5.57 Å². The minimum Gasteiger partial charge on any atom is -0.506 e. The SMILES string of the molecule is C=C(C(=O)O)c1cccc(Br)c1O. The number of hydrogen-bond donors (Lipinski definition) is 2. The molecule has 0 aromatic heterocycles. The molecule has 0 spiro atoms. The van der Waals surface area contributed by atoms with Gasteiger partial charge in [0.05, 0.1) is 10.0 Å². The van der Waals surface area contributed by atoms with Crippen molar-refractivity contribution in [1.82, 2.24) is 0 Å². The van der Waals surface area contributed by atoms with Crippen LogP contribution in [0.1, 0.15) is 5.56 Å². The van der Waals surface area contributed by atoms with E-state index in [1.807, 2.05) is 0 Å². The summed E-state index contributed by atoms with van der Waals surface area (Å²) in [5.41, 5.74) is 0.0978. The van der Waals surface area contributed by atoms with Crippen LogP contribution in [0.2, 0.25) is 0 Å². The molecule has 0 saturated carbocycles. The van der Waals surface area contributed by atoms with E-state index in [4.69, 9.17) is 5.11 Å². The standard InChI is InChI=1S/C9H7BrO3/c1-5(9(12)13)6-3-2-4-7(10)8(6)11/h2-4,11H,1H2,(H,12,13). The van der Waals surface area contributed by atoms with Crippen molar-refractivity contribution in [1.29, 1.82) is 0 Å². The van der Waals surface area contributed by atoms with Crippen molar-refractivity contribution in [2.75, 3.05) is 0 Å². The zero-order valence-corrected chi connectivity index (χ0v) is 8.21. The Bertz CT molecular complexity index is 371. The third kappa shape index (κ3) is 1.89. The lowest BCUT2D eigenvalue weighted by molar-refractivity contribution is -0.130. The average Bonchev–Trinajstić information content (AvgIpc) is 2.08. The van der Waals surface area contributed by atoms with Gasteiger partial charge in [0.15, 0.2) is 0 Å². The van der Waals surface area contributed by atoms with Crippen molar-refractivity contribution < 1.29 is 15.0 Å². The van der Waals surface area contributed by atoms with E-state index >= 15 is 0 Å². The molecule has 1 aromatic carbocycles. The van der Waals surface area contributed by atoms with E-state index in [9.17, 15) is 9.90 Å². The van der Waals surface area contributed by atoms with E-state index in [1.165, 1.54) is 6.07 Å². The van der Waals surface area contributed by atoms with Crippen molar-refractivity contribution in [2.24, 2.45) is 0 Å². The summed E-state index contributed by atoms with van der Waals surface area (Å²) in [5, 5.41) is 18.1. The number of carboxylic acids is 1. The molecule has 0 bridgehead atoms. The van der Waals surface area contributed by atoms with Crippen molar-refractivity contribution >= 4 is 27.5 Å². The molecular formula is C9H7BrO3. The second kappa shape index (κ2) is 3.62. The van der Waals surface area contributed by atoms with Gasteiger partial charge in [-0.2, -0.15) is 0 Å². The predicted molar refractivity (Wildman–Crippen MR) is 52.5 cm³/mol. The highest BCUT2D eigenvalue weighted by Gasteiger charge is 2.12. The lowest BCUT2D eigenvalue weighted by Crippen LogP contribution is -1.98. The van der Waals surface area contributed by atoms with Gasteiger partial charge in [-0.05, 0) is 22.0 Å². The smallest absolute Gasteiger partial charge is 0.335 e. The van der Waals surface area contributed by atoms with Crippen LogP contribution in [0.4, 0.5) is 0 Å². The highest BCUT2D eigenvalue weighted by molar-refractivity contribution is 9.10. The summed E-state index contributed by atoms with van der Waals surface area (Å²) >= 11 is 3.08. The second-order valence-electron chi connectivity index (χ2n) is 2.42. The van der Waals surface area contributed by atoms with Crippen LogP contribution in [-0.2, 0) is 4.79 Å². The zero-order valence-electron chi connectivity index (χ0n) is 6.62. The number of phenolic OH excluding ortho intramolecular Hbond substituents is 1. The monoisotopic (exact) mass is 242 g/mol. The first-order valence-electron chi connectivity index (χ1n) is 3.44. The molecule has 0 amide bonds. The molecule has 0 radical (unpaired) electrons. The molecule has 0 aliphatic rings. The largest absolute Gasteiger partial charge is 0.506 e. The van der Waals surface area contributed by atoms with E-state index < -0.39 is 5.97 Å². The van der Waals surface area contributed by atoms with Gasteiger partial charge in [0, 0.05) is 5.56 Å². The molecule has 0 fully saturated rings. The maximum absolute atomic E-state index is 10.5. The zero-order chi connectivity index (χ0) is 10.0. The molecule has 3 nitrogen and oxygen atoms in total. The third-order valence-electron chi connectivity index (χ3n) is 1.57. The van der Waals surface area contributed by atoms with Gasteiger partial charge in [0.1, 0.15) is 5.75 Å². The number of halogens is 1. The summed E-state index contributed by atoms with van der Waals surface area (Å²) in [5.74, 6) is -1.25. The molecule has 0 unspecified atom stereocenters. The molecule has 0 atom stereocenters. The number of phenols is 1. The Morgan fingerprint density at radius 3 is 2.62 bits per heavy atom. The van der Waals surface area contributed by atoms with Crippen LogP contribution >= 0.6 is 15.9 Å². The van der Waals surface area contributed by atoms with E-state index in [0.29, 0.717) is 4.47 Å². The Balaban J connectivity index is 3.23. The molecule has 0 aliphatic carbocycles. The third-order valence-corrected chi connectivity index (χ3v) is 2.21. The number of aromatic hydroxyl groups is 1. The highest BCUT2D eigenvalue weighted by atomic mass is 79.9. The lowest BCUT2D eigenvalue weighted by Gasteiger charge is -2.04. The molecule has 1 rings (SSSR count). The van der Waals surface area contributed by atoms with E-state index in [1.54, 1.807) is 12.1 Å². The fraction of sp³-hybridized carbons (Fsp3) is 0. The summed E-state index contributed by atoms with van der Waals surface area (Å²) < 4.78 is 0.451. The van der Waals surface area contributed by atoms with Gasteiger partial charge < -0.3 is 10.2 Å². The molecular weight excluding hydrogens is 236 g/mol.